The molecule has 1 saturated heterocycles. The third-order valence-corrected chi connectivity index (χ3v) is 4.36. The van der Waals surface area contributed by atoms with E-state index in [-0.39, 0.29) is 23.9 Å². The summed E-state index contributed by atoms with van der Waals surface area (Å²) in [6.07, 6.45) is 1.58. The van der Waals surface area contributed by atoms with Crippen LogP contribution in [0.5, 0.6) is 0 Å². The Morgan fingerprint density at radius 3 is 2.88 bits per heavy atom. The first-order valence-electron chi connectivity index (χ1n) is 8.44. The minimum atomic E-state index is -0.335. The monoisotopic (exact) mass is 347 g/mol. The van der Waals surface area contributed by atoms with Gasteiger partial charge in [-0.2, -0.15) is 4.98 Å². The van der Waals surface area contributed by atoms with Gasteiger partial charge in [0.1, 0.15) is 5.82 Å². The van der Waals surface area contributed by atoms with Gasteiger partial charge in [0.25, 0.3) is 0 Å². The van der Waals surface area contributed by atoms with Gasteiger partial charge in [0.15, 0.2) is 5.82 Å². The van der Waals surface area contributed by atoms with Gasteiger partial charge in [-0.3, -0.25) is 4.90 Å². The van der Waals surface area contributed by atoms with Crippen LogP contribution in [-0.2, 0) is 6.42 Å². The Morgan fingerprint density at radius 1 is 1.44 bits per heavy atom. The fraction of sp³-hybridized carbons (Fsp3) is 0.471. The molecule has 0 aliphatic carbocycles. The molecule has 2 N–H and O–H groups in total. The lowest BCUT2D eigenvalue weighted by atomic mass is 10.2. The van der Waals surface area contributed by atoms with Crippen molar-refractivity contribution in [2.75, 3.05) is 18.4 Å². The summed E-state index contributed by atoms with van der Waals surface area (Å²) < 4.78 is 18.2. The maximum Gasteiger partial charge on any atom is 0.319 e. The molecule has 1 fully saturated rings. The zero-order valence-electron chi connectivity index (χ0n) is 14.3. The van der Waals surface area contributed by atoms with E-state index in [4.69, 9.17) is 4.52 Å². The van der Waals surface area contributed by atoms with Crippen molar-refractivity contribution in [2.24, 2.45) is 0 Å². The van der Waals surface area contributed by atoms with Crippen LogP contribution >= 0.6 is 0 Å². The second-order valence-corrected chi connectivity index (χ2v) is 6.16. The molecule has 3 rings (SSSR count). The minimum Gasteiger partial charge on any atom is -0.338 e. The third kappa shape index (κ3) is 4.33. The molecule has 1 aromatic heterocycles. The summed E-state index contributed by atoms with van der Waals surface area (Å²) in [6, 6.07) is 5.43. The number of hydrogen-bond acceptors (Lipinski definition) is 5. The van der Waals surface area contributed by atoms with Gasteiger partial charge in [-0.15, -0.1) is 0 Å². The summed E-state index contributed by atoms with van der Waals surface area (Å²) in [6.45, 7) is 5.55. The predicted molar refractivity (Wildman–Crippen MR) is 90.6 cm³/mol. The Bertz CT molecular complexity index is 718. The quantitative estimate of drug-likeness (QED) is 0.869. The summed E-state index contributed by atoms with van der Waals surface area (Å²) in [7, 11) is 0. The first kappa shape index (κ1) is 17.3. The standard InChI is InChI=1S/C17H22FN5O2/c1-3-15-21-16(25-22-15)11(2)23-9-8-14(10-23)20-17(24)19-13-6-4-12(18)5-7-13/h4-7,11,14H,3,8-10H2,1-2H3,(H2,19,20,24)/t11-,14+/m1/s1. The number of carbonyl (C=O) groups excluding carboxylic acids is 1. The summed E-state index contributed by atoms with van der Waals surface area (Å²) >= 11 is 0. The molecule has 2 aromatic rings. The van der Waals surface area contributed by atoms with Gasteiger partial charge in [-0.05, 0) is 37.6 Å². The first-order valence-corrected chi connectivity index (χ1v) is 8.44. The second-order valence-electron chi connectivity index (χ2n) is 6.16. The lowest BCUT2D eigenvalue weighted by Gasteiger charge is -2.21. The van der Waals surface area contributed by atoms with E-state index in [1.807, 2.05) is 13.8 Å². The zero-order valence-corrected chi connectivity index (χ0v) is 14.3. The number of nitrogens with zero attached hydrogens (tertiary/aromatic N) is 3. The number of halogens is 1. The van der Waals surface area contributed by atoms with Gasteiger partial charge in [0.05, 0.1) is 6.04 Å². The van der Waals surface area contributed by atoms with Crippen molar-refractivity contribution in [2.45, 2.75) is 38.8 Å². The topological polar surface area (TPSA) is 83.3 Å². The van der Waals surface area contributed by atoms with Crippen molar-refractivity contribution in [3.8, 4) is 0 Å². The molecule has 0 unspecified atom stereocenters. The molecular weight excluding hydrogens is 325 g/mol. The van der Waals surface area contributed by atoms with Gasteiger partial charge < -0.3 is 15.2 Å². The average molecular weight is 347 g/mol. The van der Waals surface area contributed by atoms with Crippen LogP contribution in [0.1, 0.15) is 38.0 Å². The average Bonchev–Trinajstić information content (AvgIpc) is 3.25. The molecule has 2 atom stereocenters. The molecule has 1 aliphatic heterocycles. The molecule has 0 bridgehead atoms. The highest BCUT2D eigenvalue weighted by Gasteiger charge is 2.30. The Morgan fingerprint density at radius 2 is 2.20 bits per heavy atom. The van der Waals surface area contributed by atoms with Crippen LogP contribution in [0, 0.1) is 5.82 Å². The van der Waals surface area contributed by atoms with E-state index in [1.54, 1.807) is 0 Å². The highest BCUT2D eigenvalue weighted by atomic mass is 19.1. The number of anilines is 1. The molecule has 1 aromatic carbocycles. The van der Waals surface area contributed by atoms with Gasteiger partial charge in [0.2, 0.25) is 5.89 Å². The van der Waals surface area contributed by atoms with E-state index in [0.717, 1.165) is 19.4 Å². The van der Waals surface area contributed by atoms with E-state index in [0.29, 0.717) is 23.9 Å². The normalized spacial score (nSPS) is 18.9. The van der Waals surface area contributed by atoms with Crippen LogP contribution in [0.3, 0.4) is 0 Å². The molecule has 0 radical (unpaired) electrons. The molecular formula is C17H22FN5O2. The Balaban J connectivity index is 1.50. The lowest BCUT2D eigenvalue weighted by Crippen LogP contribution is -2.40. The molecule has 25 heavy (non-hydrogen) atoms. The van der Waals surface area contributed by atoms with Crippen LogP contribution < -0.4 is 10.6 Å². The van der Waals surface area contributed by atoms with E-state index in [1.165, 1.54) is 24.3 Å². The van der Waals surface area contributed by atoms with Gasteiger partial charge >= 0.3 is 6.03 Å². The summed E-state index contributed by atoms with van der Waals surface area (Å²) in [5.74, 6) is 0.973. The number of amides is 2. The summed E-state index contributed by atoms with van der Waals surface area (Å²) in [5.41, 5.74) is 0.556. The summed E-state index contributed by atoms with van der Waals surface area (Å²) in [5, 5.41) is 9.58. The largest absolute Gasteiger partial charge is 0.338 e. The van der Waals surface area contributed by atoms with Crippen molar-refractivity contribution in [1.82, 2.24) is 20.4 Å². The molecule has 134 valence electrons. The number of hydrogen-bond donors (Lipinski definition) is 2. The van der Waals surface area contributed by atoms with Gasteiger partial charge in [0, 0.05) is 31.2 Å². The summed E-state index contributed by atoms with van der Waals surface area (Å²) in [4.78, 5) is 18.6. The van der Waals surface area contributed by atoms with Crippen LogP contribution in [-0.4, -0.2) is 40.2 Å². The van der Waals surface area contributed by atoms with Crippen molar-refractivity contribution in [3.05, 3.63) is 41.8 Å². The van der Waals surface area contributed by atoms with Crippen LogP contribution in [0.15, 0.2) is 28.8 Å². The Kier molecular flexibility index (Phi) is 5.28. The fourth-order valence-corrected chi connectivity index (χ4v) is 2.88. The molecule has 2 heterocycles. The number of aryl methyl sites for hydroxylation is 1. The number of urea groups is 1. The number of likely N-dealkylation sites (tertiary alicyclic amines) is 1. The number of nitrogens with one attached hydrogen (secondary N) is 2. The van der Waals surface area contributed by atoms with Crippen molar-refractivity contribution in [3.63, 3.8) is 0 Å². The van der Waals surface area contributed by atoms with Gasteiger partial charge in [-0.1, -0.05) is 12.1 Å². The van der Waals surface area contributed by atoms with Crippen LogP contribution in [0.25, 0.3) is 0 Å². The molecule has 1 aliphatic rings. The predicted octanol–water partition coefficient (Wildman–Crippen LogP) is 2.73. The number of carbonyl (C=O) groups is 1. The Labute approximate surface area is 145 Å². The van der Waals surface area contributed by atoms with E-state index in [2.05, 4.69) is 25.7 Å². The van der Waals surface area contributed by atoms with E-state index >= 15 is 0 Å². The minimum absolute atomic E-state index is 0.0137. The molecule has 0 spiro atoms. The number of aromatic nitrogens is 2. The number of benzene rings is 1. The molecule has 7 nitrogen and oxygen atoms in total. The third-order valence-electron chi connectivity index (χ3n) is 4.36. The van der Waals surface area contributed by atoms with E-state index in [9.17, 15) is 9.18 Å². The molecule has 0 saturated carbocycles. The van der Waals surface area contributed by atoms with Crippen LogP contribution in [0.4, 0.5) is 14.9 Å². The Hall–Kier alpha value is -2.48. The van der Waals surface area contributed by atoms with Crippen molar-refractivity contribution in [1.29, 1.82) is 0 Å². The molecule has 2 amide bonds. The van der Waals surface area contributed by atoms with Crippen LogP contribution in [0.2, 0.25) is 0 Å². The first-order chi connectivity index (χ1) is 12.0. The maximum atomic E-state index is 12.9. The zero-order chi connectivity index (χ0) is 17.8. The highest BCUT2D eigenvalue weighted by Crippen LogP contribution is 2.23. The smallest absolute Gasteiger partial charge is 0.319 e. The highest BCUT2D eigenvalue weighted by molar-refractivity contribution is 5.89. The maximum absolute atomic E-state index is 12.9. The van der Waals surface area contributed by atoms with Gasteiger partial charge in [-0.25, -0.2) is 9.18 Å². The fourth-order valence-electron chi connectivity index (χ4n) is 2.88. The molecule has 8 heteroatoms. The van der Waals surface area contributed by atoms with Crippen molar-refractivity contribution >= 4 is 11.7 Å². The van der Waals surface area contributed by atoms with E-state index < -0.39 is 0 Å². The SMILES string of the molecule is CCc1noc([C@@H](C)N2CC[C@H](NC(=O)Nc3ccc(F)cc3)C2)n1. The lowest BCUT2D eigenvalue weighted by molar-refractivity contribution is 0.204. The second kappa shape index (κ2) is 7.60. The van der Waals surface area contributed by atoms with Crippen molar-refractivity contribution < 1.29 is 13.7 Å². The number of rotatable bonds is 5.